The van der Waals surface area contributed by atoms with Gasteiger partial charge in [-0.1, -0.05) is 12.8 Å². The number of hydrogen-bond donors (Lipinski definition) is 2. The van der Waals surface area contributed by atoms with E-state index in [1.54, 1.807) is 12.1 Å². The predicted octanol–water partition coefficient (Wildman–Crippen LogP) is 0.0679. The maximum Gasteiger partial charge on any atom is 0.364 e. The van der Waals surface area contributed by atoms with Crippen LogP contribution in [0.4, 0.5) is 0 Å². The van der Waals surface area contributed by atoms with Crippen molar-refractivity contribution in [1.82, 2.24) is 19.8 Å². The number of hydrogen-bond acceptors (Lipinski definition) is 5. The van der Waals surface area contributed by atoms with E-state index < -0.39 is 0 Å². The second-order valence-corrected chi connectivity index (χ2v) is 4.83. The summed E-state index contributed by atoms with van der Waals surface area (Å²) < 4.78 is 6.76. The molecule has 7 heteroatoms. The molecular formula is C11H15N5O2. The lowest BCUT2D eigenvalue weighted by molar-refractivity contribution is 0.211. The molecule has 0 bridgehead atoms. The molecule has 0 radical (unpaired) electrons. The highest BCUT2D eigenvalue weighted by Crippen LogP contribution is 2.27. The summed E-state index contributed by atoms with van der Waals surface area (Å²) in [4.78, 5) is 11.4. The van der Waals surface area contributed by atoms with Crippen LogP contribution in [-0.4, -0.2) is 32.0 Å². The van der Waals surface area contributed by atoms with E-state index in [-0.39, 0.29) is 11.2 Å². The van der Waals surface area contributed by atoms with Gasteiger partial charge in [0.05, 0.1) is 5.54 Å². The minimum atomic E-state index is -0.376. The molecule has 0 amide bonds. The predicted molar refractivity (Wildman–Crippen MR) is 64.5 cm³/mol. The summed E-state index contributed by atoms with van der Waals surface area (Å²) in [5.41, 5.74) is 6.03. The molecule has 0 aliphatic heterocycles. The zero-order chi connectivity index (χ0) is 12.6. The Bertz CT molecular complexity index is 611. The zero-order valence-electron chi connectivity index (χ0n) is 9.93. The molecule has 2 aromatic heterocycles. The number of nitrogens with zero attached hydrogens (tertiary/aromatic N) is 3. The third kappa shape index (κ3) is 1.97. The van der Waals surface area contributed by atoms with Crippen molar-refractivity contribution in [2.24, 2.45) is 5.73 Å². The Morgan fingerprint density at radius 3 is 3.00 bits per heavy atom. The lowest BCUT2D eigenvalue weighted by atomic mass is 10.0. The first kappa shape index (κ1) is 11.2. The summed E-state index contributed by atoms with van der Waals surface area (Å²) in [7, 11) is 0. The van der Waals surface area contributed by atoms with Gasteiger partial charge in [-0.2, -0.15) is 9.61 Å². The minimum Gasteiger partial charge on any atom is -0.475 e. The van der Waals surface area contributed by atoms with Gasteiger partial charge in [-0.3, -0.25) is 0 Å². The Labute approximate surface area is 103 Å². The van der Waals surface area contributed by atoms with Crippen molar-refractivity contribution >= 4 is 5.65 Å². The van der Waals surface area contributed by atoms with Gasteiger partial charge in [0.15, 0.2) is 5.65 Å². The Morgan fingerprint density at radius 2 is 2.22 bits per heavy atom. The molecule has 1 saturated carbocycles. The number of nitrogens with one attached hydrogen (secondary N) is 1. The number of H-pyrrole nitrogens is 1. The highest BCUT2D eigenvalue weighted by atomic mass is 16.5. The van der Waals surface area contributed by atoms with Crippen molar-refractivity contribution in [3.63, 3.8) is 0 Å². The van der Waals surface area contributed by atoms with E-state index >= 15 is 0 Å². The quantitative estimate of drug-likeness (QED) is 0.802. The fraction of sp³-hybridized carbons (Fsp3) is 0.545. The number of rotatable bonds is 3. The number of fused-ring (bicyclic) bond motifs is 1. The van der Waals surface area contributed by atoms with Gasteiger partial charge in [0, 0.05) is 6.07 Å². The Balaban J connectivity index is 1.78. The van der Waals surface area contributed by atoms with Gasteiger partial charge in [-0.05, 0) is 18.9 Å². The van der Waals surface area contributed by atoms with E-state index in [2.05, 4.69) is 15.3 Å². The van der Waals surface area contributed by atoms with Crippen LogP contribution in [0.3, 0.4) is 0 Å². The van der Waals surface area contributed by atoms with Gasteiger partial charge in [0.1, 0.15) is 6.61 Å². The van der Waals surface area contributed by atoms with Crippen molar-refractivity contribution in [3.8, 4) is 5.88 Å². The van der Waals surface area contributed by atoms with Crippen molar-refractivity contribution in [2.75, 3.05) is 6.61 Å². The normalized spacial score (nSPS) is 18.3. The lowest BCUT2D eigenvalue weighted by Crippen LogP contribution is -2.42. The summed E-state index contributed by atoms with van der Waals surface area (Å²) >= 11 is 0. The van der Waals surface area contributed by atoms with Crippen molar-refractivity contribution in [2.45, 2.75) is 31.2 Å². The second kappa shape index (κ2) is 4.09. The molecule has 1 aliphatic rings. The molecular weight excluding hydrogens is 234 g/mol. The number of ether oxygens (including phenoxy) is 1. The van der Waals surface area contributed by atoms with E-state index in [9.17, 15) is 4.79 Å². The fourth-order valence-corrected chi connectivity index (χ4v) is 2.30. The molecule has 3 N–H and O–H groups in total. The van der Waals surface area contributed by atoms with Crippen LogP contribution >= 0.6 is 0 Å². The smallest absolute Gasteiger partial charge is 0.364 e. The lowest BCUT2D eigenvalue weighted by Gasteiger charge is -2.22. The van der Waals surface area contributed by atoms with E-state index in [4.69, 9.17) is 10.5 Å². The van der Waals surface area contributed by atoms with E-state index in [1.807, 2.05) is 0 Å². The zero-order valence-corrected chi connectivity index (χ0v) is 9.93. The van der Waals surface area contributed by atoms with Crippen LogP contribution in [0.5, 0.6) is 5.88 Å². The minimum absolute atomic E-state index is 0.252. The molecule has 1 aliphatic carbocycles. The van der Waals surface area contributed by atoms with Gasteiger partial charge in [0.25, 0.3) is 0 Å². The molecule has 0 aromatic carbocycles. The summed E-state index contributed by atoms with van der Waals surface area (Å²) in [6.45, 7) is 0.429. The maximum atomic E-state index is 11.4. The monoisotopic (exact) mass is 249 g/mol. The number of aromatic nitrogens is 4. The Kier molecular flexibility index (Phi) is 2.55. The van der Waals surface area contributed by atoms with Gasteiger partial charge in [-0.25, -0.2) is 9.89 Å². The van der Waals surface area contributed by atoms with Crippen LogP contribution in [-0.2, 0) is 0 Å². The molecule has 18 heavy (non-hydrogen) atoms. The highest BCUT2D eigenvalue weighted by Gasteiger charge is 2.30. The van der Waals surface area contributed by atoms with Gasteiger partial charge in [0.2, 0.25) is 5.88 Å². The van der Waals surface area contributed by atoms with E-state index in [0.717, 1.165) is 25.7 Å². The van der Waals surface area contributed by atoms with Crippen LogP contribution in [0.2, 0.25) is 0 Å². The average Bonchev–Trinajstić information content (AvgIpc) is 2.95. The van der Waals surface area contributed by atoms with Crippen molar-refractivity contribution in [1.29, 1.82) is 0 Å². The first-order valence-corrected chi connectivity index (χ1v) is 6.02. The summed E-state index contributed by atoms with van der Waals surface area (Å²) in [5, 5.41) is 10.2. The number of aromatic amines is 1. The molecule has 96 valence electrons. The number of nitrogens with two attached hydrogens (primary N) is 1. The highest BCUT2D eigenvalue weighted by molar-refractivity contribution is 5.35. The Morgan fingerprint density at radius 1 is 1.44 bits per heavy atom. The summed E-state index contributed by atoms with van der Waals surface area (Å²) in [5.74, 6) is 0.391. The van der Waals surface area contributed by atoms with Crippen LogP contribution in [0, 0.1) is 0 Å². The van der Waals surface area contributed by atoms with Crippen LogP contribution < -0.4 is 16.2 Å². The van der Waals surface area contributed by atoms with Gasteiger partial charge >= 0.3 is 5.69 Å². The van der Waals surface area contributed by atoms with E-state index in [1.165, 1.54) is 4.52 Å². The third-order valence-corrected chi connectivity index (χ3v) is 3.36. The fourth-order valence-electron chi connectivity index (χ4n) is 2.30. The molecule has 2 aromatic rings. The standard InChI is InChI=1S/C11H15N5O2/c12-11(5-1-2-6-11)7-18-9-4-3-8-13-14-10(17)16(8)15-9/h3-4H,1-2,5-7,12H2,(H,14,17). The molecule has 7 nitrogen and oxygen atoms in total. The second-order valence-electron chi connectivity index (χ2n) is 4.83. The van der Waals surface area contributed by atoms with Crippen molar-refractivity contribution in [3.05, 3.63) is 22.6 Å². The molecule has 0 unspecified atom stereocenters. The molecule has 1 fully saturated rings. The van der Waals surface area contributed by atoms with E-state index in [0.29, 0.717) is 18.1 Å². The summed E-state index contributed by atoms with van der Waals surface area (Å²) in [6, 6.07) is 3.37. The molecule has 0 spiro atoms. The molecule has 0 saturated heterocycles. The maximum absolute atomic E-state index is 11.4. The van der Waals surface area contributed by atoms with Gasteiger partial charge < -0.3 is 10.5 Å². The largest absolute Gasteiger partial charge is 0.475 e. The van der Waals surface area contributed by atoms with Gasteiger partial charge in [-0.15, -0.1) is 5.10 Å². The van der Waals surface area contributed by atoms with Crippen LogP contribution in [0.25, 0.3) is 5.65 Å². The third-order valence-electron chi connectivity index (χ3n) is 3.36. The van der Waals surface area contributed by atoms with Crippen LogP contribution in [0.15, 0.2) is 16.9 Å². The van der Waals surface area contributed by atoms with Crippen molar-refractivity contribution < 1.29 is 4.74 Å². The molecule has 3 rings (SSSR count). The topological polar surface area (TPSA) is 98.3 Å². The molecule has 0 atom stereocenters. The first-order valence-electron chi connectivity index (χ1n) is 6.02. The molecule has 2 heterocycles. The van der Waals surface area contributed by atoms with Crippen LogP contribution in [0.1, 0.15) is 25.7 Å². The Hall–Kier alpha value is -1.89. The average molecular weight is 249 g/mol. The summed E-state index contributed by atoms with van der Waals surface area (Å²) in [6.07, 6.45) is 4.24. The SMILES string of the molecule is NC1(COc2ccc3n[nH]c(=O)n3n2)CCCC1. The first-order chi connectivity index (χ1) is 8.66.